The fourth-order valence-corrected chi connectivity index (χ4v) is 5.04. The van der Waals surface area contributed by atoms with Crippen molar-refractivity contribution in [1.29, 1.82) is 0 Å². The number of carbonyl (C=O) groups excluding carboxylic acids is 1. The molecule has 0 fully saturated rings. The quantitative estimate of drug-likeness (QED) is 0.158. The average molecular weight is 593 g/mol. The number of pyridine rings is 3. The van der Waals surface area contributed by atoms with E-state index in [-0.39, 0.29) is 11.7 Å². The number of aromatic nitrogens is 6. The summed E-state index contributed by atoms with van der Waals surface area (Å²) in [7, 11) is 3.92. The van der Waals surface area contributed by atoms with Crippen LogP contribution in [0.25, 0.3) is 55.7 Å². The molecule has 0 aliphatic heterocycles. The fourth-order valence-electron chi connectivity index (χ4n) is 5.04. The molecule has 0 aliphatic carbocycles. The first-order valence-electron chi connectivity index (χ1n) is 14.5. The van der Waals surface area contributed by atoms with Crippen LogP contribution in [0.15, 0.2) is 67.3 Å². The highest BCUT2D eigenvalue weighted by molar-refractivity contribution is 6.00. The minimum absolute atomic E-state index is 0.0376. The lowest BCUT2D eigenvalue weighted by molar-refractivity contribution is -0.116. The topological polar surface area (TPSA) is 125 Å². The van der Waals surface area contributed by atoms with Crippen molar-refractivity contribution in [3.63, 3.8) is 0 Å². The maximum Gasteiger partial charge on any atom is 0.224 e. The minimum Gasteiger partial charge on any atom is -0.492 e. The number of amides is 1. The SMILES string of the molecule is CCCCC(=O)Nc1cncc(-c2cc3c(-c4cc5c(-c6cc(F)cc(OCCN(C)C)c6)ccnc5[nH]4)n[nH]c3cn2)c1. The van der Waals surface area contributed by atoms with Crippen molar-refractivity contribution in [2.24, 2.45) is 0 Å². The van der Waals surface area contributed by atoms with E-state index in [1.807, 2.05) is 49.3 Å². The van der Waals surface area contributed by atoms with E-state index in [0.717, 1.165) is 52.5 Å². The summed E-state index contributed by atoms with van der Waals surface area (Å²) in [5.41, 5.74) is 6.44. The van der Waals surface area contributed by atoms with E-state index in [1.54, 1.807) is 24.8 Å². The van der Waals surface area contributed by atoms with Crippen LogP contribution >= 0.6 is 0 Å². The van der Waals surface area contributed by atoms with E-state index in [1.165, 1.54) is 12.1 Å². The summed E-state index contributed by atoms with van der Waals surface area (Å²) in [6.45, 7) is 3.22. The van der Waals surface area contributed by atoms with Gasteiger partial charge in [0.2, 0.25) is 5.91 Å². The molecular formula is C33H33FN8O2. The van der Waals surface area contributed by atoms with E-state index in [9.17, 15) is 9.18 Å². The van der Waals surface area contributed by atoms with Crippen LogP contribution in [0.5, 0.6) is 5.75 Å². The summed E-state index contributed by atoms with van der Waals surface area (Å²) < 4.78 is 20.5. The summed E-state index contributed by atoms with van der Waals surface area (Å²) in [4.78, 5) is 31.1. The molecule has 6 rings (SSSR count). The Hall–Kier alpha value is -5.16. The number of benzene rings is 1. The molecule has 0 saturated carbocycles. The summed E-state index contributed by atoms with van der Waals surface area (Å²) in [6, 6.07) is 12.4. The number of hydrogen-bond donors (Lipinski definition) is 3. The largest absolute Gasteiger partial charge is 0.492 e. The zero-order valence-electron chi connectivity index (χ0n) is 24.8. The van der Waals surface area contributed by atoms with Gasteiger partial charge in [0.05, 0.1) is 35.0 Å². The fraction of sp³-hybridized carbons (Fsp3) is 0.242. The van der Waals surface area contributed by atoms with Gasteiger partial charge in [-0.05, 0) is 68.0 Å². The number of rotatable bonds is 11. The Kier molecular flexibility index (Phi) is 8.29. The van der Waals surface area contributed by atoms with Crippen molar-refractivity contribution in [2.75, 3.05) is 32.6 Å². The summed E-state index contributed by atoms with van der Waals surface area (Å²) >= 11 is 0. The van der Waals surface area contributed by atoms with E-state index in [2.05, 4.69) is 42.4 Å². The van der Waals surface area contributed by atoms with Crippen molar-refractivity contribution in [3.8, 4) is 39.5 Å². The molecule has 0 spiro atoms. The molecule has 3 N–H and O–H groups in total. The molecule has 1 aromatic carbocycles. The number of H-pyrrole nitrogens is 2. The lowest BCUT2D eigenvalue weighted by atomic mass is 10.0. The van der Waals surface area contributed by atoms with E-state index >= 15 is 0 Å². The lowest BCUT2D eigenvalue weighted by Gasteiger charge is -2.12. The van der Waals surface area contributed by atoms with Gasteiger partial charge < -0.3 is 19.9 Å². The number of nitrogens with one attached hydrogen (secondary N) is 3. The molecule has 0 atom stereocenters. The maximum absolute atomic E-state index is 14.7. The Morgan fingerprint density at radius 2 is 1.91 bits per heavy atom. The van der Waals surface area contributed by atoms with Gasteiger partial charge in [-0.15, -0.1) is 0 Å². The van der Waals surface area contributed by atoms with Crippen molar-refractivity contribution >= 4 is 33.5 Å². The molecule has 44 heavy (non-hydrogen) atoms. The van der Waals surface area contributed by atoms with Crippen LogP contribution in [-0.2, 0) is 4.79 Å². The standard InChI is InChI=1S/C33H33FN8O2/c1-4-5-6-31(43)38-23-12-21(17-35-18-23)28-16-27-30(19-37-28)40-41-32(27)29-15-26-25(7-8-36-33(26)39-29)20-11-22(34)14-24(13-20)44-10-9-42(2)3/h7-8,11-19H,4-6,9-10H2,1-3H3,(H,36,39)(H,38,43)(H,40,41). The van der Waals surface area contributed by atoms with Crippen LogP contribution in [0.4, 0.5) is 10.1 Å². The Bertz CT molecular complexity index is 1950. The summed E-state index contributed by atoms with van der Waals surface area (Å²) in [5.74, 6) is 0.0601. The van der Waals surface area contributed by atoms with Crippen LogP contribution < -0.4 is 10.1 Å². The Morgan fingerprint density at radius 3 is 2.75 bits per heavy atom. The summed E-state index contributed by atoms with van der Waals surface area (Å²) in [6.07, 6.45) is 9.02. The minimum atomic E-state index is -0.375. The zero-order chi connectivity index (χ0) is 30.6. The third kappa shape index (κ3) is 6.28. The first-order chi connectivity index (χ1) is 21.4. The molecule has 0 bridgehead atoms. The first-order valence-corrected chi connectivity index (χ1v) is 14.5. The molecule has 11 heteroatoms. The van der Waals surface area contributed by atoms with Gasteiger partial charge in [0.15, 0.2) is 0 Å². The van der Waals surface area contributed by atoms with Gasteiger partial charge in [-0.1, -0.05) is 13.3 Å². The van der Waals surface area contributed by atoms with Crippen LogP contribution in [-0.4, -0.2) is 68.2 Å². The predicted octanol–water partition coefficient (Wildman–Crippen LogP) is 6.44. The average Bonchev–Trinajstić information content (AvgIpc) is 3.63. The van der Waals surface area contributed by atoms with Gasteiger partial charge in [0, 0.05) is 47.8 Å². The number of halogens is 1. The van der Waals surface area contributed by atoms with Gasteiger partial charge in [-0.25, -0.2) is 9.37 Å². The van der Waals surface area contributed by atoms with E-state index in [0.29, 0.717) is 47.1 Å². The molecule has 5 aromatic heterocycles. The van der Waals surface area contributed by atoms with Gasteiger partial charge in [-0.2, -0.15) is 5.10 Å². The molecule has 1 amide bonds. The number of ether oxygens (including phenoxy) is 1. The van der Waals surface area contributed by atoms with Crippen LogP contribution in [0.3, 0.4) is 0 Å². The zero-order valence-corrected chi connectivity index (χ0v) is 24.8. The monoisotopic (exact) mass is 592 g/mol. The number of fused-ring (bicyclic) bond motifs is 2. The van der Waals surface area contributed by atoms with Crippen LogP contribution in [0.2, 0.25) is 0 Å². The van der Waals surface area contributed by atoms with Crippen molar-refractivity contribution in [2.45, 2.75) is 26.2 Å². The van der Waals surface area contributed by atoms with E-state index in [4.69, 9.17) is 4.74 Å². The van der Waals surface area contributed by atoms with Crippen LogP contribution in [0.1, 0.15) is 26.2 Å². The van der Waals surface area contributed by atoms with Crippen LogP contribution in [0, 0.1) is 5.82 Å². The van der Waals surface area contributed by atoms with Crippen molar-refractivity contribution in [1.82, 2.24) is 35.0 Å². The molecule has 0 saturated heterocycles. The number of likely N-dealkylation sites (N-methyl/N-ethyl adjacent to an activating group) is 1. The molecule has 0 radical (unpaired) electrons. The molecule has 0 unspecified atom stereocenters. The van der Waals surface area contributed by atoms with Gasteiger partial charge in [0.25, 0.3) is 0 Å². The van der Waals surface area contributed by atoms with Gasteiger partial charge >= 0.3 is 0 Å². The second kappa shape index (κ2) is 12.6. The van der Waals surface area contributed by atoms with E-state index < -0.39 is 0 Å². The highest BCUT2D eigenvalue weighted by atomic mass is 19.1. The van der Waals surface area contributed by atoms with Gasteiger partial charge in [-0.3, -0.25) is 19.9 Å². The number of hydrogen-bond acceptors (Lipinski definition) is 7. The second-order valence-electron chi connectivity index (χ2n) is 10.9. The number of carbonyl (C=O) groups is 1. The Morgan fingerprint density at radius 1 is 1.02 bits per heavy atom. The summed E-state index contributed by atoms with van der Waals surface area (Å²) in [5, 5.41) is 12.2. The third-order valence-electron chi connectivity index (χ3n) is 7.30. The molecule has 5 heterocycles. The molecule has 10 nitrogen and oxygen atoms in total. The Balaban J connectivity index is 1.33. The maximum atomic E-state index is 14.7. The first kappa shape index (κ1) is 28.9. The molecular weight excluding hydrogens is 559 g/mol. The highest BCUT2D eigenvalue weighted by Gasteiger charge is 2.17. The third-order valence-corrected chi connectivity index (χ3v) is 7.30. The number of anilines is 1. The molecule has 224 valence electrons. The van der Waals surface area contributed by atoms with Crippen molar-refractivity contribution < 1.29 is 13.9 Å². The number of aromatic amines is 2. The van der Waals surface area contributed by atoms with Crippen molar-refractivity contribution in [3.05, 3.63) is 73.1 Å². The second-order valence-corrected chi connectivity index (χ2v) is 10.9. The number of nitrogens with zero attached hydrogens (tertiary/aromatic N) is 5. The highest BCUT2D eigenvalue weighted by Crippen LogP contribution is 2.35. The molecule has 6 aromatic rings. The van der Waals surface area contributed by atoms with Gasteiger partial charge in [0.1, 0.15) is 29.5 Å². The Labute approximate surface area is 253 Å². The number of unbranched alkanes of at least 4 members (excludes halogenated alkanes) is 1. The predicted molar refractivity (Wildman–Crippen MR) is 170 cm³/mol. The molecule has 0 aliphatic rings. The smallest absolute Gasteiger partial charge is 0.224 e. The lowest BCUT2D eigenvalue weighted by Crippen LogP contribution is -2.19. The normalized spacial score (nSPS) is 11.5.